The van der Waals surface area contributed by atoms with E-state index in [-0.39, 0.29) is 17.4 Å². The maximum Gasteiger partial charge on any atom is 0.253 e. The molecule has 1 N–H and O–H groups in total. The molecule has 1 fully saturated rings. The molecule has 2 atom stereocenters. The second kappa shape index (κ2) is 6.73. The van der Waals surface area contributed by atoms with Gasteiger partial charge in [0.15, 0.2) is 5.76 Å². The van der Waals surface area contributed by atoms with Gasteiger partial charge in [-0.2, -0.15) is 0 Å². The summed E-state index contributed by atoms with van der Waals surface area (Å²) in [6.45, 7) is 4.81. The molecule has 0 bridgehead atoms. The van der Waals surface area contributed by atoms with Crippen LogP contribution in [0.5, 0.6) is 0 Å². The minimum Gasteiger partial charge on any atom is -0.377 e. The Hall–Kier alpha value is -2.21. The molecule has 1 saturated carbocycles. The van der Waals surface area contributed by atoms with Crippen molar-refractivity contribution in [3.8, 4) is 0 Å². The first kappa shape index (κ1) is 16.6. The maximum absolute atomic E-state index is 12.3. The van der Waals surface area contributed by atoms with Gasteiger partial charge in [-0.3, -0.25) is 9.78 Å². The van der Waals surface area contributed by atoms with Crippen molar-refractivity contribution in [1.82, 2.24) is 15.5 Å². The lowest BCUT2D eigenvalue weighted by atomic mass is 9.57. The Kier molecular flexibility index (Phi) is 4.66. The van der Waals surface area contributed by atoms with E-state index >= 15 is 0 Å². The number of aromatic nitrogens is 2. The van der Waals surface area contributed by atoms with Gasteiger partial charge in [0, 0.05) is 31.6 Å². The number of pyridine rings is 1. The van der Waals surface area contributed by atoms with Gasteiger partial charge < -0.3 is 14.6 Å². The van der Waals surface area contributed by atoms with Crippen molar-refractivity contribution in [3.05, 3.63) is 47.6 Å². The van der Waals surface area contributed by atoms with E-state index in [1.807, 2.05) is 6.07 Å². The Balaban J connectivity index is 1.57. The molecule has 6 nitrogen and oxygen atoms in total. The molecule has 0 radical (unpaired) electrons. The summed E-state index contributed by atoms with van der Waals surface area (Å²) in [5.74, 6) is 1.13. The van der Waals surface area contributed by atoms with Crippen molar-refractivity contribution in [2.24, 2.45) is 11.3 Å². The number of ether oxygens (including phenoxy) is 1. The smallest absolute Gasteiger partial charge is 0.253 e. The Labute approximate surface area is 141 Å². The first-order chi connectivity index (χ1) is 11.5. The zero-order valence-corrected chi connectivity index (χ0v) is 14.3. The van der Waals surface area contributed by atoms with Crippen LogP contribution in [0.4, 0.5) is 0 Å². The van der Waals surface area contributed by atoms with E-state index in [1.54, 1.807) is 31.6 Å². The van der Waals surface area contributed by atoms with Crippen LogP contribution in [-0.4, -0.2) is 29.2 Å². The highest BCUT2D eigenvalue weighted by molar-refractivity contribution is 5.94. The van der Waals surface area contributed by atoms with Gasteiger partial charge in [0.25, 0.3) is 5.91 Å². The fraction of sp³-hybridized carbons (Fsp3) is 0.500. The molecule has 0 aromatic carbocycles. The van der Waals surface area contributed by atoms with Crippen molar-refractivity contribution in [1.29, 1.82) is 0 Å². The first-order valence-electron chi connectivity index (χ1n) is 8.15. The minimum atomic E-state index is -0.0663. The maximum atomic E-state index is 12.3. The van der Waals surface area contributed by atoms with Crippen molar-refractivity contribution in [2.45, 2.75) is 39.3 Å². The fourth-order valence-electron chi connectivity index (χ4n) is 3.26. The van der Waals surface area contributed by atoms with Crippen LogP contribution >= 0.6 is 0 Å². The number of nitrogens with zero attached hydrogens (tertiary/aromatic N) is 2. The Morgan fingerprint density at radius 1 is 1.50 bits per heavy atom. The Morgan fingerprint density at radius 2 is 2.33 bits per heavy atom. The lowest BCUT2D eigenvalue weighted by Gasteiger charge is -2.52. The van der Waals surface area contributed by atoms with Crippen LogP contribution in [0.3, 0.4) is 0 Å². The topological polar surface area (TPSA) is 77.2 Å². The molecule has 0 saturated heterocycles. The van der Waals surface area contributed by atoms with E-state index in [4.69, 9.17) is 9.26 Å². The quantitative estimate of drug-likeness (QED) is 0.881. The first-order valence-corrected chi connectivity index (χ1v) is 8.15. The molecule has 128 valence electrons. The van der Waals surface area contributed by atoms with Crippen molar-refractivity contribution >= 4 is 5.91 Å². The van der Waals surface area contributed by atoms with Crippen LogP contribution in [0.15, 0.2) is 35.1 Å². The number of carbonyl (C=O) groups excluding carboxylic acids is 1. The molecule has 1 aliphatic carbocycles. The van der Waals surface area contributed by atoms with Crippen LogP contribution in [0, 0.1) is 11.3 Å². The average Bonchev–Trinajstić information content (AvgIpc) is 3.02. The van der Waals surface area contributed by atoms with E-state index in [0.29, 0.717) is 18.1 Å². The van der Waals surface area contributed by atoms with Crippen molar-refractivity contribution in [3.63, 3.8) is 0 Å². The molecule has 2 heterocycles. The van der Waals surface area contributed by atoms with Gasteiger partial charge in [0.1, 0.15) is 6.61 Å². The second-order valence-corrected chi connectivity index (χ2v) is 6.94. The summed E-state index contributed by atoms with van der Waals surface area (Å²) < 4.78 is 10.3. The Morgan fingerprint density at radius 3 is 3.00 bits per heavy atom. The molecule has 1 amide bonds. The van der Waals surface area contributed by atoms with Gasteiger partial charge in [-0.1, -0.05) is 19.0 Å². The highest BCUT2D eigenvalue weighted by atomic mass is 16.5. The van der Waals surface area contributed by atoms with Crippen LogP contribution in [0.1, 0.15) is 42.1 Å². The van der Waals surface area contributed by atoms with Gasteiger partial charge in [-0.25, -0.2) is 0 Å². The number of rotatable bonds is 6. The highest BCUT2D eigenvalue weighted by Crippen LogP contribution is 2.47. The van der Waals surface area contributed by atoms with Crippen LogP contribution in [0.25, 0.3) is 0 Å². The third-order valence-electron chi connectivity index (χ3n) is 5.05. The second-order valence-electron chi connectivity index (χ2n) is 6.94. The average molecular weight is 329 g/mol. The van der Waals surface area contributed by atoms with Crippen molar-refractivity contribution in [2.75, 3.05) is 7.11 Å². The molecule has 1 aliphatic rings. The van der Waals surface area contributed by atoms with Gasteiger partial charge in [0.05, 0.1) is 11.3 Å². The number of hydrogen-bond acceptors (Lipinski definition) is 5. The summed E-state index contributed by atoms with van der Waals surface area (Å²) in [6.07, 6.45) is 5.03. The third kappa shape index (κ3) is 3.33. The van der Waals surface area contributed by atoms with E-state index in [2.05, 4.69) is 29.3 Å². The molecule has 2 aromatic heterocycles. The van der Waals surface area contributed by atoms with Crippen molar-refractivity contribution < 1.29 is 14.1 Å². The predicted octanol–water partition coefficient (Wildman–Crippen LogP) is 2.60. The molecule has 0 spiro atoms. The van der Waals surface area contributed by atoms with Gasteiger partial charge in [-0.15, -0.1) is 0 Å². The van der Waals surface area contributed by atoms with E-state index in [9.17, 15) is 4.79 Å². The Bertz CT molecular complexity index is 697. The van der Waals surface area contributed by atoms with Gasteiger partial charge >= 0.3 is 0 Å². The highest BCUT2D eigenvalue weighted by Gasteiger charge is 2.48. The summed E-state index contributed by atoms with van der Waals surface area (Å²) >= 11 is 0. The number of nitrogens with one attached hydrogen (secondary N) is 1. The number of carbonyl (C=O) groups is 1. The largest absolute Gasteiger partial charge is 0.377 e. The fourth-order valence-corrected chi connectivity index (χ4v) is 3.26. The molecule has 0 aliphatic heterocycles. The zero-order chi connectivity index (χ0) is 17.2. The normalized spacial score (nSPS) is 22.0. The number of hydrogen-bond donors (Lipinski definition) is 1. The molecular formula is C18H23N3O3. The molecule has 24 heavy (non-hydrogen) atoms. The predicted molar refractivity (Wildman–Crippen MR) is 88.3 cm³/mol. The van der Waals surface area contributed by atoms with E-state index < -0.39 is 0 Å². The molecule has 6 heteroatoms. The van der Waals surface area contributed by atoms with Gasteiger partial charge in [-0.05, 0) is 36.3 Å². The monoisotopic (exact) mass is 329 g/mol. The summed E-state index contributed by atoms with van der Waals surface area (Å²) in [5.41, 5.74) is 1.55. The summed E-state index contributed by atoms with van der Waals surface area (Å²) in [5, 5.41) is 7.23. The minimum absolute atomic E-state index is 0.0121. The summed E-state index contributed by atoms with van der Waals surface area (Å²) in [6, 6.07) is 5.64. The zero-order valence-electron chi connectivity index (χ0n) is 14.3. The van der Waals surface area contributed by atoms with E-state index in [0.717, 1.165) is 24.3 Å². The number of methoxy groups -OCH3 is 1. The van der Waals surface area contributed by atoms with Crippen LogP contribution in [-0.2, 0) is 17.8 Å². The molecule has 0 unspecified atom stereocenters. The van der Waals surface area contributed by atoms with Crippen LogP contribution in [0.2, 0.25) is 0 Å². The number of amides is 1. The van der Waals surface area contributed by atoms with Gasteiger partial charge in [0.2, 0.25) is 0 Å². The summed E-state index contributed by atoms with van der Waals surface area (Å²) in [7, 11) is 1.63. The lowest BCUT2D eigenvalue weighted by molar-refractivity contribution is 0.0138. The summed E-state index contributed by atoms with van der Waals surface area (Å²) in [4.78, 5) is 16.3. The third-order valence-corrected chi connectivity index (χ3v) is 5.05. The standard InChI is InChI=1S/C18H23N3O3/c1-18(2)13(7-14-9-15(11-23-3)24-21-14)8-16(18)20-17(22)12-5-4-6-19-10-12/h4-6,9-10,13,16H,7-8,11H2,1-3H3,(H,20,22)/t13-,16+/m1/s1. The van der Waals surface area contributed by atoms with Crippen LogP contribution < -0.4 is 5.32 Å². The molecule has 2 aromatic rings. The lowest BCUT2D eigenvalue weighted by Crippen LogP contribution is -2.58. The SMILES string of the molecule is COCc1cc(C[C@@H]2C[C@H](NC(=O)c3cccnc3)C2(C)C)no1. The molecular weight excluding hydrogens is 306 g/mol. The van der Waals surface area contributed by atoms with E-state index in [1.165, 1.54) is 0 Å². The molecule has 3 rings (SSSR count).